The lowest BCUT2D eigenvalue weighted by Crippen LogP contribution is -2.48. The molecular weight excluding hydrogens is 412 g/mol. The molecule has 1 aliphatic rings. The van der Waals surface area contributed by atoms with E-state index >= 15 is 0 Å². The first-order valence-electron chi connectivity index (χ1n) is 10.7. The van der Waals surface area contributed by atoms with Crippen LogP contribution in [0.5, 0.6) is 0 Å². The van der Waals surface area contributed by atoms with E-state index in [4.69, 9.17) is 9.47 Å². The van der Waals surface area contributed by atoms with Crippen LogP contribution in [0, 0.1) is 0 Å². The number of carbonyl (C=O) groups is 3. The van der Waals surface area contributed by atoms with Crippen LogP contribution in [-0.4, -0.2) is 55.3 Å². The van der Waals surface area contributed by atoms with Crippen LogP contribution in [0.4, 0.5) is 15.3 Å². The number of carbonyl (C=O) groups excluding carboxylic acids is 3. The fourth-order valence-corrected chi connectivity index (χ4v) is 3.35. The first-order valence-corrected chi connectivity index (χ1v) is 10.7. The molecule has 4 amide bonds. The molecule has 2 rings (SSSR count). The second-order valence-corrected chi connectivity index (χ2v) is 8.61. The molecule has 1 aliphatic heterocycles. The summed E-state index contributed by atoms with van der Waals surface area (Å²) in [6, 6.07) is 5.74. The Morgan fingerprint density at radius 3 is 2.38 bits per heavy atom. The molecule has 1 aromatic carbocycles. The number of rotatable bonds is 8. The molecule has 3 N–H and O–H groups in total. The first kappa shape index (κ1) is 25.2. The van der Waals surface area contributed by atoms with Gasteiger partial charge in [0.15, 0.2) is 0 Å². The van der Waals surface area contributed by atoms with E-state index in [-0.39, 0.29) is 30.8 Å². The van der Waals surface area contributed by atoms with E-state index < -0.39 is 12.0 Å². The predicted molar refractivity (Wildman–Crippen MR) is 122 cm³/mol. The van der Waals surface area contributed by atoms with Gasteiger partial charge in [-0.2, -0.15) is 0 Å². The van der Waals surface area contributed by atoms with Gasteiger partial charge in [-0.05, 0) is 51.8 Å². The molecule has 0 spiro atoms. The van der Waals surface area contributed by atoms with E-state index in [1.807, 2.05) is 27.7 Å². The lowest BCUT2D eigenvalue weighted by Gasteiger charge is -2.35. The third-order valence-corrected chi connectivity index (χ3v) is 4.77. The number of urea groups is 2. The van der Waals surface area contributed by atoms with Crippen LogP contribution in [0.1, 0.15) is 52.6 Å². The van der Waals surface area contributed by atoms with E-state index in [9.17, 15) is 14.4 Å². The summed E-state index contributed by atoms with van der Waals surface area (Å²) in [5.41, 5.74) is 1.88. The molecule has 32 heavy (non-hydrogen) atoms. The van der Waals surface area contributed by atoms with Crippen molar-refractivity contribution >= 4 is 23.7 Å². The molecule has 0 saturated heterocycles. The Morgan fingerprint density at radius 2 is 1.81 bits per heavy atom. The van der Waals surface area contributed by atoms with Crippen LogP contribution in [0.25, 0.3) is 0 Å². The fraction of sp³-hybridized carbons (Fsp3) is 0.522. The smallest absolute Gasteiger partial charge is 0.338 e. The van der Waals surface area contributed by atoms with Crippen molar-refractivity contribution in [3.05, 3.63) is 41.1 Å². The zero-order chi connectivity index (χ0) is 23.9. The van der Waals surface area contributed by atoms with Crippen molar-refractivity contribution in [1.29, 1.82) is 0 Å². The van der Waals surface area contributed by atoms with Crippen molar-refractivity contribution in [3.8, 4) is 0 Å². The van der Waals surface area contributed by atoms with Gasteiger partial charge < -0.3 is 25.4 Å². The number of hydrogen-bond donors (Lipinski definition) is 3. The highest BCUT2D eigenvalue weighted by Gasteiger charge is 2.36. The van der Waals surface area contributed by atoms with Crippen molar-refractivity contribution in [2.75, 3.05) is 32.2 Å². The van der Waals surface area contributed by atoms with Crippen LogP contribution < -0.4 is 16.0 Å². The highest BCUT2D eigenvalue weighted by molar-refractivity contribution is 5.95. The Morgan fingerprint density at radius 1 is 1.16 bits per heavy atom. The molecule has 0 aliphatic carbocycles. The number of esters is 1. The summed E-state index contributed by atoms with van der Waals surface area (Å²) in [6.45, 7) is 10.3. The Hall–Kier alpha value is -3.07. The number of ether oxygens (including phenoxy) is 2. The number of amides is 4. The number of methoxy groups -OCH3 is 1. The Balaban J connectivity index is 2.29. The summed E-state index contributed by atoms with van der Waals surface area (Å²) >= 11 is 0. The zero-order valence-electron chi connectivity index (χ0n) is 19.7. The Kier molecular flexibility index (Phi) is 8.65. The van der Waals surface area contributed by atoms with Crippen molar-refractivity contribution in [2.24, 2.45) is 0 Å². The number of nitrogens with zero attached hydrogens (tertiary/aromatic N) is 1. The molecule has 0 bridgehead atoms. The molecule has 1 heterocycles. The van der Waals surface area contributed by atoms with Crippen molar-refractivity contribution in [1.82, 2.24) is 15.5 Å². The number of benzene rings is 1. The lowest BCUT2D eigenvalue weighted by atomic mass is 9.94. The van der Waals surface area contributed by atoms with Crippen molar-refractivity contribution in [2.45, 2.75) is 52.6 Å². The molecule has 0 radical (unpaired) electrons. The molecule has 0 aromatic heterocycles. The van der Waals surface area contributed by atoms with Gasteiger partial charge in [-0.15, -0.1) is 0 Å². The van der Waals surface area contributed by atoms with Gasteiger partial charge in [-0.1, -0.05) is 19.1 Å². The van der Waals surface area contributed by atoms with E-state index in [2.05, 4.69) is 16.0 Å². The summed E-state index contributed by atoms with van der Waals surface area (Å²) < 4.78 is 10.3. The summed E-state index contributed by atoms with van der Waals surface area (Å²) in [7, 11) is 1.53. The van der Waals surface area contributed by atoms with Gasteiger partial charge >= 0.3 is 18.0 Å². The van der Waals surface area contributed by atoms with Gasteiger partial charge in [0.25, 0.3) is 0 Å². The first-order chi connectivity index (χ1) is 15.1. The van der Waals surface area contributed by atoms with E-state index in [1.54, 1.807) is 36.1 Å². The third kappa shape index (κ3) is 6.71. The average molecular weight is 447 g/mol. The molecule has 9 heteroatoms. The van der Waals surface area contributed by atoms with Crippen LogP contribution in [0.3, 0.4) is 0 Å². The maximum Gasteiger partial charge on any atom is 0.338 e. The van der Waals surface area contributed by atoms with Crippen molar-refractivity contribution in [3.63, 3.8) is 0 Å². The largest absolute Gasteiger partial charge is 0.460 e. The standard InChI is InChI=1S/C23H34N4O5/c1-7-12-27-15(2)18(20(28)32-14-13-31-6)19(25-22(27)30)16-8-10-17(11-9-16)24-21(29)26-23(3,4)5/h8-11,19H,7,12-14H2,1-6H3,(H,25,30)(H2,24,26,29). The summed E-state index contributed by atoms with van der Waals surface area (Å²) in [5.74, 6) is -0.502. The van der Waals surface area contributed by atoms with Gasteiger partial charge in [0, 0.05) is 30.6 Å². The lowest BCUT2D eigenvalue weighted by molar-refractivity contribution is -0.140. The molecule has 0 fully saturated rings. The maximum atomic E-state index is 12.9. The predicted octanol–water partition coefficient (Wildman–Crippen LogP) is 3.55. The number of hydrogen-bond acceptors (Lipinski definition) is 5. The van der Waals surface area contributed by atoms with E-state index in [0.717, 1.165) is 6.42 Å². The highest BCUT2D eigenvalue weighted by atomic mass is 16.6. The SMILES string of the molecule is CCCN1C(=O)NC(c2ccc(NC(=O)NC(C)(C)C)cc2)C(C(=O)OCCOC)=C1C. The van der Waals surface area contributed by atoms with Crippen LogP contribution in [0.15, 0.2) is 35.5 Å². The van der Waals surface area contributed by atoms with Gasteiger partial charge in [0.05, 0.1) is 18.2 Å². The fourth-order valence-electron chi connectivity index (χ4n) is 3.35. The molecule has 9 nitrogen and oxygen atoms in total. The molecule has 1 atom stereocenters. The van der Waals surface area contributed by atoms with Gasteiger partial charge in [0.1, 0.15) is 6.61 Å². The normalized spacial score (nSPS) is 16.5. The maximum absolute atomic E-state index is 12.9. The topological polar surface area (TPSA) is 109 Å². The second kappa shape index (κ2) is 11.0. The number of nitrogens with one attached hydrogen (secondary N) is 3. The highest BCUT2D eigenvalue weighted by Crippen LogP contribution is 2.32. The Bertz CT molecular complexity index is 858. The molecule has 176 valence electrons. The van der Waals surface area contributed by atoms with Gasteiger partial charge in [0.2, 0.25) is 0 Å². The van der Waals surface area contributed by atoms with Gasteiger partial charge in [-0.25, -0.2) is 14.4 Å². The van der Waals surface area contributed by atoms with Gasteiger partial charge in [-0.3, -0.25) is 4.90 Å². The van der Waals surface area contributed by atoms with Crippen LogP contribution in [-0.2, 0) is 14.3 Å². The Labute approximate surface area is 189 Å². The minimum Gasteiger partial charge on any atom is -0.460 e. The third-order valence-electron chi connectivity index (χ3n) is 4.77. The summed E-state index contributed by atoms with van der Waals surface area (Å²) in [5, 5.41) is 8.51. The summed E-state index contributed by atoms with van der Waals surface area (Å²) in [4.78, 5) is 39.2. The molecule has 1 aromatic rings. The molecule has 1 unspecified atom stereocenters. The quantitative estimate of drug-likeness (QED) is 0.418. The monoisotopic (exact) mass is 446 g/mol. The minimum absolute atomic E-state index is 0.117. The summed E-state index contributed by atoms with van der Waals surface area (Å²) in [6.07, 6.45) is 0.748. The minimum atomic E-state index is -0.664. The van der Waals surface area contributed by atoms with Crippen LogP contribution >= 0.6 is 0 Å². The second-order valence-electron chi connectivity index (χ2n) is 8.61. The average Bonchev–Trinajstić information content (AvgIpc) is 2.70. The molecule has 0 saturated carbocycles. The number of allylic oxidation sites excluding steroid dienone is 1. The molecular formula is C23H34N4O5. The van der Waals surface area contributed by atoms with Crippen LogP contribution in [0.2, 0.25) is 0 Å². The van der Waals surface area contributed by atoms with E-state index in [0.29, 0.717) is 29.1 Å². The zero-order valence-corrected chi connectivity index (χ0v) is 19.7. The van der Waals surface area contributed by atoms with Crippen molar-refractivity contribution < 1.29 is 23.9 Å². The number of anilines is 1. The van der Waals surface area contributed by atoms with E-state index in [1.165, 1.54) is 7.11 Å².